The van der Waals surface area contributed by atoms with Crippen LogP contribution < -0.4 is 5.32 Å². The van der Waals surface area contributed by atoms with Crippen molar-refractivity contribution in [3.63, 3.8) is 0 Å². The molecule has 0 saturated carbocycles. The van der Waals surface area contributed by atoms with Crippen LogP contribution in [-0.4, -0.2) is 10.8 Å². The van der Waals surface area contributed by atoms with Crippen LogP contribution in [0.5, 0.6) is 0 Å². The number of carbonyl (C=O) groups is 1. The monoisotopic (exact) mass is 220 g/mol. The van der Waals surface area contributed by atoms with Crippen LogP contribution in [0.25, 0.3) is 0 Å². The minimum atomic E-state index is -0.474. The number of amides is 1. The van der Waals surface area contributed by atoms with Crippen LogP contribution in [0.2, 0.25) is 0 Å². The van der Waals surface area contributed by atoms with Crippen molar-refractivity contribution in [2.24, 2.45) is 0 Å². The van der Waals surface area contributed by atoms with Gasteiger partial charge < -0.3 is 5.32 Å². The average Bonchev–Trinajstić information content (AvgIpc) is 2.21. The summed E-state index contributed by atoms with van der Waals surface area (Å²) in [6, 6.07) is 3.02. The molecule has 0 radical (unpaired) electrons. The summed E-state index contributed by atoms with van der Waals surface area (Å²) in [5.74, 6) is -0.388. The van der Waals surface area contributed by atoms with E-state index < -0.39 is 4.92 Å². The van der Waals surface area contributed by atoms with E-state index in [-0.39, 0.29) is 11.6 Å². The molecule has 84 valence electrons. The molecule has 0 bridgehead atoms. The Morgan fingerprint density at radius 2 is 2.06 bits per heavy atom. The molecular weight excluding hydrogens is 208 g/mol. The average molecular weight is 220 g/mol. The molecule has 0 saturated heterocycles. The predicted octanol–water partition coefficient (Wildman–Crippen LogP) is 2.34. The fourth-order valence-electron chi connectivity index (χ4n) is 1.36. The van der Waals surface area contributed by atoms with Gasteiger partial charge in [-0.1, -0.05) is 6.58 Å². The molecule has 1 aromatic carbocycles. The first kappa shape index (κ1) is 11.9. The number of carbonyl (C=O) groups excluding carboxylic acids is 1. The summed E-state index contributed by atoms with van der Waals surface area (Å²) in [6.07, 6.45) is 1.12. The second kappa shape index (κ2) is 4.57. The summed E-state index contributed by atoms with van der Waals surface area (Å²) >= 11 is 0. The SMILES string of the molecule is C=CC(=O)Nc1cc([N+](=O)[O-])c(C)cc1C. The van der Waals surface area contributed by atoms with Crippen molar-refractivity contribution in [2.45, 2.75) is 13.8 Å². The van der Waals surface area contributed by atoms with Crippen LogP contribution in [0.15, 0.2) is 24.8 Å². The summed E-state index contributed by atoms with van der Waals surface area (Å²) in [4.78, 5) is 21.3. The lowest BCUT2D eigenvalue weighted by Crippen LogP contribution is -2.09. The number of nitrogens with zero attached hydrogens (tertiary/aromatic N) is 1. The number of aryl methyl sites for hydroxylation is 2. The van der Waals surface area contributed by atoms with Gasteiger partial charge in [0, 0.05) is 11.6 Å². The van der Waals surface area contributed by atoms with Gasteiger partial charge in [-0.25, -0.2) is 0 Å². The van der Waals surface area contributed by atoms with Crippen LogP contribution >= 0.6 is 0 Å². The fraction of sp³-hybridized carbons (Fsp3) is 0.182. The molecule has 0 spiro atoms. The minimum Gasteiger partial charge on any atom is -0.322 e. The third-order valence-corrected chi connectivity index (χ3v) is 2.18. The van der Waals surface area contributed by atoms with Gasteiger partial charge in [0.05, 0.1) is 10.6 Å². The first-order valence-corrected chi connectivity index (χ1v) is 4.64. The quantitative estimate of drug-likeness (QED) is 0.482. The Balaban J connectivity index is 3.19. The molecule has 0 aliphatic rings. The lowest BCUT2D eigenvalue weighted by Gasteiger charge is -2.07. The molecule has 0 aliphatic carbocycles. The molecule has 1 rings (SSSR count). The largest absolute Gasteiger partial charge is 0.322 e. The van der Waals surface area contributed by atoms with E-state index in [2.05, 4.69) is 11.9 Å². The highest BCUT2D eigenvalue weighted by molar-refractivity contribution is 5.99. The number of anilines is 1. The van der Waals surface area contributed by atoms with Crippen molar-refractivity contribution in [3.8, 4) is 0 Å². The van der Waals surface area contributed by atoms with Gasteiger partial charge in [0.2, 0.25) is 5.91 Å². The Kier molecular flexibility index (Phi) is 3.40. The van der Waals surface area contributed by atoms with Crippen molar-refractivity contribution >= 4 is 17.3 Å². The fourth-order valence-corrected chi connectivity index (χ4v) is 1.36. The second-order valence-corrected chi connectivity index (χ2v) is 3.40. The summed E-state index contributed by atoms with van der Waals surface area (Å²) < 4.78 is 0. The Morgan fingerprint density at radius 3 is 2.56 bits per heavy atom. The number of rotatable bonds is 3. The van der Waals surface area contributed by atoms with E-state index in [1.807, 2.05) is 0 Å². The smallest absolute Gasteiger partial charge is 0.274 e. The zero-order chi connectivity index (χ0) is 12.3. The maximum absolute atomic E-state index is 11.1. The number of nitro benzene ring substituents is 1. The van der Waals surface area contributed by atoms with Gasteiger partial charge in [-0.05, 0) is 31.6 Å². The van der Waals surface area contributed by atoms with Crippen molar-refractivity contribution in [1.29, 1.82) is 0 Å². The van der Waals surface area contributed by atoms with Crippen LogP contribution in [0, 0.1) is 24.0 Å². The van der Waals surface area contributed by atoms with E-state index in [0.29, 0.717) is 11.3 Å². The number of hydrogen-bond donors (Lipinski definition) is 1. The zero-order valence-electron chi connectivity index (χ0n) is 9.11. The topological polar surface area (TPSA) is 72.2 Å². The maximum atomic E-state index is 11.1. The number of hydrogen-bond acceptors (Lipinski definition) is 3. The first-order chi connectivity index (χ1) is 7.45. The molecule has 1 aromatic rings. The van der Waals surface area contributed by atoms with E-state index in [4.69, 9.17) is 0 Å². The summed E-state index contributed by atoms with van der Waals surface area (Å²) in [6.45, 7) is 6.75. The molecule has 5 nitrogen and oxygen atoms in total. The highest BCUT2D eigenvalue weighted by Crippen LogP contribution is 2.26. The predicted molar refractivity (Wildman–Crippen MR) is 61.4 cm³/mol. The lowest BCUT2D eigenvalue weighted by atomic mass is 10.1. The molecule has 5 heteroatoms. The maximum Gasteiger partial charge on any atom is 0.274 e. The standard InChI is InChI=1S/C11H12N2O3/c1-4-11(14)12-9-6-10(13(15)16)8(3)5-7(9)2/h4-6H,1H2,2-3H3,(H,12,14). The summed E-state index contributed by atoms with van der Waals surface area (Å²) in [7, 11) is 0. The lowest BCUT2D eigenvalue weighted by molar-refractivity contribution is -0.385. The molecule has 0 heterocycles. The summed E-state index contributed by atoms with van der Waals surface area (Å²) in [5.41, 5.74) is 1.77. The van der Waals surface area contributed by atoms with E-state index in [1.54, 1.807) is 19.9 Å². The highest BCUT2D eigenvalue weighted by atomic mass is 16.6. The molecule has 0 atom stereocenters. The third kappa shape index (κ3) is 2.44. The normalized spacial score (nSPS) is 9.62. The third-order valence-electron chi connectivity index (χ3n) is 2.18. The van der Waals surface area contributed by atoms with Crippen molar-refractivity contribution in [3.05, 3.63) is 46.0 Å². The van der Waals surface area contributed by atoms with Crippen molar-refractivity contribution in [2.75, 3.05) is 5.32 Å². The van der Waals surface area contributed by atoms with Gasteiger partial charge in [0.15, 0.2) is 0 Å². The van der Waals surface area contributed by atoms with E-state index in [9.17, 15) is 14.9 Å². The number of nitrogens with one attached hydrogen (secondary N) is 1. The molecule has 1 N–H and O–H groups in total. The van der Waals surface area contributed by atoms with Gasteiger partial charge in [0.1, 0.15) is 0 Å². The van der Waals surface area contributed by atoms with Gasteiger partial charge in [-0.3, -0.25) is 14.9 Å². The molecule has 1 amide bonds. The Bertz CT molecular complexity index is 467. The Labute approximate surface area is 92.9 Å². The highest BCUT2D eigenvalue weighted by Gasteiger charge is 2.14. The molecule has 0 fully saturated rings. The molecule has 0 unspecified atom stereocenters. The molecular formula is C11H12N2O3. The number of benzene rings is 1. The van der Waals surface area contributed by atoms with Crippen LogP contribution in [0.4, 0.5) is 11.4 Å². The first-order valence-electron chi connectivity index (χ1n) is 4.64. The second-order valence-electron chi connectivity index (χ2n) is 3.40. The minimum absolute atomic E-state index is 0.00929. The Morgan fingerprint density at radius 1 is 1.44 bits per heavy atom. The van der Waals surface area contributed by atoms with Gasteiger partial charge in [-0.2, -0.15) is 0 Å². The van der Waals surface area contributed by atoms with Gasteiger partial charge in [0.25, 0.3) is 5.69 Å². The molecule has 16 heavy (non-hydrogen) atoms. The van der Waals surface area contributed by atoms with Crippen molar-refractivity contribution in [1.82, 2.24) is 0 Å². The Hall–Kier alpha value is -2.17. The summed E-state index contributed by atoms with van der Waals surface area (Å²) in [5, 5.41) is 13.2. The van der Waals surface area contributed by atoms with Crippen molar-refractivity contribution < 1.29 is 9.72 Å². The zero-order valence-corrected chi connectivity index (χ0v) is 9.11. The van der Waals surface area contributed by atoms with Gasteiger partial charge in [-0.15, -0.1) is 0 Å². The molecule has 0 aromatic heterocycles. The van der Waals surface area contributed by atoms with E-state index in [1.165, 1.54) is 6.07 Å². The molecule has 0 aliphatic heterocycles. The van der Waals surface area contributed by atoms with Gasteiger partial charge >= 0.3 is 0 Å². The van der Waals surface area contributed by atoms with E-state index in [0.717, 1.165) is 11.6 Å². The van der Waals surface area contributed by atoms with Crippen LogP contribution in [0.3, 0.4) is 0 Å². The van der Waals surface area contributed by atoms with Crippen LogP contribution in [0.1, 0.15) is 11.1 Å². The van der Waals surface area contributed by atoms with Crippen LogP contribution in [-0.2, 0) is 4.79 Å². The number of nitro groups is 1. The van der Waals surface area contributed by atoms with E-state index >= 15 is 0 Å².